The molecule has 0 saturated carbocycles. The molecular formula is C15H20O4. The van der Waals surface area contributed by atoms with Gasteiger partial charge in [-0.3, -0.25) is 9.59 Å². The minimum absolute atomic E-state index is 0.146. The monoisotopic (exact) mass is 264 g/mol. The van der Waals surface area contributed by atoms with Gasteiger partial charge >= 0.3 is 5.97 Å². The molecule has 0 amide bonds. The van der Waals surface area contributed by atoms with E-state index in [1.165, 1.54) is 6.92 Å². The third-order valence-corrected chi connectivity index (χ3v) is 2.94. The van der Waals surface area contributed by atoms with Crippen LogP contribution in [0.4, 0.5) is 0 Å². The molecule has 0 saturated heterocycles. The van der Waals surface area contributed by atoms with E-state index in [1.54, 1.807) is 14.0 Å². The van der Waals surface area contributed by atoms with Crippen molar-refractivity contribution in [2.24, 2.45) is 5.92 Å². The highest BCUT2D eigenvalue weighted by Gasteiger charge is 2.24. The normalized spacial score (nSPS) is 11.7. The largest absolute Gasteiger partial charge is 0.497 e. The van der Waals surface area contributed by atoms with E-state index >= 15 is 0 Å². The van der Waals surface area contributed by atoms with E-state index in [4.69, 9.17) is 9.47 Å². The number of hydrogen-bond donors (Lipinski definition) is 0. The molecule has 0 bridgehead atoms. The lowest BCUT2D eigenvalue weighted by Gasteiger charge is -2.12. The van der Waals surface area contributed by atoms with Gasteiger partial charge in [0.1, 0.15) is 17.5 Å². The van der Waals surface area contributed by atoms with Crippen LogP contribution < -0.4 is 4.74 Å². The third-order valence-electron chi connectivity index (χ3n) is 2.94. The zero-order chi connectivity index (χ0) is 14.3. The molecule has 4 nitrogen and oxygen atoms in total. The second-order valence-electron chi connectivity index (χ2n) is 4.30. The highest BCUT2D eigenvalue weighted by Crippen LogP contribution is 2.16. The van der Waals surface area contributed by atoms with E-state index in [2.05, 4.69) is 0 Å². The van der Waals surface area contributed by atoms with Crippen molar-refractivity contribution in [1.29, 1.82) is 0 Å². The zero-order valence-electron chi connectivity index (χ0n) is 11.6. The van der Waals surface area contributed by atoms with Crippen molar-refractivity contribution in [3.05, 3.63) is 29.8 Å². The van der Waals surface area contributed by atoms with E-state index in [0.717, 1.165) is 11.3 Å². The van der Waals surface area contributed by atoms with Crippen LogP contribution in [-0.2, 0) is 20.7 Å². The summed E-state index contributed by atoms with van der Waals surface area (Å²) >= 11 is 0. The molecule has 0 aliphatic rings. The van der Waals surface area contributed by atoms with Crippen LogP contribution in [0.1, 0.15) is 25.8 Å². The minimum Gasteiger partial charge on any atom is -0.497 e. The Morgan fingerprint density at radius 3 is 2.32 bits per heavy atom. The summed E-state index contributed by atoms with van der Waals surface area (Å²) in [6, 6.07) is 7.59. The lowest BCUT2D eigenvalue weighted by atomic mass is 9.96. The first-order valence-corrected chi connectivity index (χ1v) is 6.38. The number of benzene rings is 1. The molecule has 1 rings (SSSR count). The highest BCUT2D eigenvalue weighted by molar-refractivity contribution is 5.97. The first kappa shape index (κ1) is 15.2. The van der Waals surface area contributed by atoms with Gasteiger partial charge in [-0.15, -0.1) is 0 Å². The maximum atomic E-state index is 11.6. The number of rotatable bonds is 7. The average Bonchev–Trinajstić information content (AvgIpc) is 2.39. The van der Waals surface area contributed by atoms with Crippen LogP contribution in [0.3, 0.4) is 0 Å². The van der Waals surface area contributed by atoms with E-state index < -0.39 is 11.9 Å². The van der Waals surface area contributed by atoms with Gasteiger partial charge in [-0.25, -0.2) is 0 Å². The Bertz CT molecular complexity index is 422. The number of ketones is 1. The number of aryl methyl sites for hydroxylation is 1. The van der Waals surface area contributed by atoms with Crippen molar-refractivity contribution in [2.45, 2.75) is 26.7 Å². The molecule has 0 aromatic heterocycles. The third kappa shape index (κ3) is 4.73. The second-order valence-corrected chi connectivity index (χ2v) is 4.30. The van der Waals surface area contributed by atoms with Crippen LogP contribution in [-0.4, -0.2) is 25.5 Å². The minimum atomic E-state index is -0.665. The molecule has 0 N–H and O–H groups in total. The van der Waals surface area contributed by atoms with Gasteiger partial charge in [-0.2, -0.15) is 0 Å². The van der Waals surface area contributed by atoms with Gasteiger partial charge in [0, 0.05) is 0 Å². The molecule has 104 valence electrons. The molecule has 1 atom stereocenters. The topological polar surface area (TPSA) is 52.6 Å². The summed E-state index contributed by atoms with van der Waals surface area (Å²) in [5.74, 6) is -0.449. The summed E-state index contributed by atoms with van der Waals surface area (Å²) in [7, 11) is 1.61. The molecule has 0 heterocycles. The Balaban J connectivity index is 2.60. The van der Waals surface area contributed by atoms with E-state index in [1.807, 2.05) is 24.3 Å². The molecule has 4 heteroatoms. The summed E-state index contributed by atoms with van der Waals surface area (Å²) in [4.78, 5) is 23.1. The molecule has 0 fully saturated rings. The summed E-state index contributed by atoms with van der Waals surface area (Å²) < 4.78 is 9.99. The molecular weight excluding hydrogens is 244 g/mol. The van der Waals surface area contributed by atoms with Gasteiger partial charge in [-0.1, -0.05) is 12.1 Å². The predicted octanol–water partition coefficient (Wildman–Crippen LogP) is 2.40. The Kier molecular flexibility index (Phi) is 6.06. The molecule has 19 heavy (non-hydrogen) atoms. The highest BCUT2D eigenvalue weighted by atomic mass is 16.5. The molecule has 1 aromatic carbocycles. The summed E-state index contributed by atoms with van der Waals surface area (Å²) in [6.45, 7) is 3.46. The van der Waals surface area contributed by atoms with Gasteiger partial charge in [0.05, 0.1) is 13.7 Å². The van der Waals surface area contributed by atoms with Crippen molar-refractivity contribution >= 4 is 11.8 Å². The standard InChI is InChI=1S/C15H20O4/c1-4-19-15(17)14(11(2)16)10-7-12-5-8-13(18-3)9-6-12/h5-6,8-9,14H,4,7,10H2,1-3H3. The van der Waals surface area contributed by atoms with Crippen molar-refractivity contribution in [1.82, 2.24) is 0 Å². The number of Topliss-reactive ketones (excluding diaryl/α,β-unsaturated/α-hetero) is 1. The van der Waals surface area contributed by atoms with Crippen molar-refractivity contribution in [3.63, 3.8) is 0 Å². The summed E-state index contributed by atoms with van der Waals surface area (Å²) in [5.41, 5.74) is 1.07. The Hall–Kier alpha value is -1.84. The molecule has 0 aliphatic heterocycles. The van der Waals surface area contributed by atoms with Crippen LogP contribution in [0, 0.1) is 5.92 Å². The number of carbonyl (C=O) groups is 2. The first-order valence-electron chi connectivity index (χ1n) is 6.38. The number of methoxy groups -OCH3 is 1. The molecule has 0 aliphatic carbocycles. The lowest BCUT2D eigenvalue weighted by molar-refractivity contribution is -0.151. The predicted molar refractivity (Wildman–Crippen MR) is 72.1 cm³/mol. The van der Waals surface area contributed by atoms with E-state index in [0.29, 0.717) is 19.4 Å². The fourth-order valence-electron chi connectivity index (χ4n) is 1.83. The van der Waals surface area contributed by atoms with Gasteiger partial charge in [-0.05, 0) is 44.4 Å². The lowest BCUT2D eigenvalue weighted by Crippen LogP contribution is -2.24. The number of hydrogen-bond acceptors (Lipinski definition) is 4. The first-order chi connectivity index (χ1) is 9.08. The van der Waals surface area contributed by atoms with Crippen molar-refractivity contribution in [2.75, 3.05) is 13.7 Å². The molecule has 1 aromatic rings. The van der Waals surface area contributed by atoms with Gasteiger partial charge in [0.15, 0.2) is 0 Å². The second kappa shape index (κ2) is 7.56. The van der Waals surface area contributed by atoms with Crippen molar-refractivity contribution in [3.8, 4) is 5.75 Å². The zero-order valence-corrected chi connectivity index (χ0v) is 11.6. The SMILES string of the molecule is CCOC(=O)C(CCc1ccc(OC)cc1)C(C)=O. The van der Waals surface area contributed by atoms with Crippen molar-refractivity contribution < 1.29 is 19.1 Å². The van der Waals surface area contributed by atoms with Crippen LogP contribution in [0.2, 0.25) is 0 Å². The van der Waals surface area contributed by atoms with Gasteiger partial charge < -0.3 is 9.47 Å². The van der Waals surface area contributed by atoms with Gasteiger partial charge in [0.2, 0.25) is 0 Å². The van der Waals surface area contributed by atoms with E-state index in [9.17, 15) is 9.59 Å². The molecule has 0 spiro atoms. The Morgan fingerprint density at radius 1 is 1.21 bits per heavy atom. The fourth-order valence-corrected chi connectivity index (χ4v) is 1.83. The van der Waals surface area contributed by atoms with E-state index in [-0.39, 0.29) is 5.78 Å². The van der Waals surface area contributed by atoms with Crippen LogP contribution in [0.25, 0.3) is 0 Å². The average molecular weight is 264 g/mol. The Morgan fingerprint density at radius 2 is 1.84 bits per heavy atom. The van der Waals surface area contributed by atoms with Crippen LogP contribution >= 0.6 is 0 Å². The number of esters is 1. The maximum absolute atomic E-state index is 11.6. The smallest absolute Gasteiger partial charge is 0.316 e. The van der Waals surface area contributed by atoms with Crippen LogP contribution in [0.5, 0.6) is 5.75 Å². The fraction of sp³-hybridized carbons (Fsp3) is 0.467. The molecule has 0 radical (unpaired) electrons. The Labute approximate surface area is 113 Å². The quantitative estimate of drug-likeness (QED) is 0.560. The van der Waals surface area contributed by atoms with Crippen LogP contribution in [0.15, 0.2) is 24.3 Å². The number of carbonyl (C=O) groups excluding carboxylic acids is 2. The molecule has 1 unspecified atom stereocenters. The summed E-state index contributed by atoms with van der Waals surface area (Å²) in [5, 5.41) is 0. The maximum Gasteiger partial charge on any atom is 0.316 e. The van der Waals surface area contributed by atoms with Gasteiger partial charge in [0.25, 0.3) is 0 Å². The summed E-state index contributed by atoms with van der Waals surface area (Å²) in [6.07, 6.45) is 1.13. The number of ether oxygens (including phenoxy) is 2.